The van der Waals surface area contributed by atoms with Crippen LogP contribution in [0.1, 0.15) is 82.7 Å². The molecule has 0 radical (unpaired) electrons. The molecule has 1 aliphatic carbocycles. The third kappa shape index (κ3) is 4.67. The van der Waals surface area contributed by atoms with Crippen molar-refractivity contribution in [3.8, 4) is 0 Å². The molecule has 1 saturated carbocycles. The topological polar surface area (TPSA) is 136 Å². The summed E-state index contributed by atoms with van der Waals surface area (Å²) in [6.45, 7) is 1.37. The summed E-state index contributed by atoms with van der Waals surface area (Å²) in [5, 5.41) is 5.67. The van der Waals surface area contributed by atoms with Gasteiger partial charge in [0.15, 0.2) is 0 Å². The summed E-state index contributed by atoms with van der Waals surface area (Å²) in [5.41, 5.74) is 4.46. The van der Waals surface area contributed by atoms with E-state index in [4.69, 9.17) is 0 Å². The van der Waals surface area contributed by atoms with Gasteiger partial charge in [-0.05, 0) is 73.8 Å². The van der Waals surface area contributed by atoms with Gasteiger partial charge in [0.05, 0.1) is 16.8 Å². The van der Waals surface area contributed by atoms with Crippen molar-refractivity contribution >= 4 is 52.5 Å². The first-order valence-electron chi connectivity index (χ1n) is 15.0. The summed E-state index contributed by atoms with van der Waals surface area (Å²) >= 11 is 0. The maximum absolute atomic E-state index is 13.7. The van der Waals surface area contributed by atoms with Gasteiger partial charge in [-0.25, -0.2) is 0 Å². The highest BCUT2D eigenvalue weighted by molar-refractivity contribution is 6.25. The standard InChI is InChI=1S/C32H33N5O6/c1-35-25-16-23(21(15-19(25)7-10-27(35)39)17-11-13-36(14-12-17)30(41)18-5-6-18)33-22-4-2-3-20-28(22)32(43)37(31(20)42)24-8-9-26(38)34-29(24)40/h2-4,15-18,24,33H,5-14H2,1H3,(H,34,38,40). The normalized spacial score (nSPS) is 22.5. The highest BCUT2D eigenvalue weighted by Gasteiger charge is 2.46. The summed E-state index contributed by atoms with van der Waals surface area (Å²) in [6.07, 6.45) is 4.76. The highest BCUT2D eigenvalue weighted by atomic mass is 16.2. The molecule has 0 aromatic heterocycles. The lowest BCUT2D eigenvalue weighted by atomic mass is 9.85. The second-order valence-electron chi connectivity index (χ2n) is 12.2. The van der Waals surface area contributed by atoms with Crippen molar-refractivity contribution in [1.82, 2.24) is 15.1 Å². The van der Waals surface area contributed by atoms with Gasteiger partial charge < -0.3 is 15.1 Å². The van der Waals surface area contributed by atoms with Crippen molar-refractivity contribution < 1.29 is 28.8 Å². The number of piperidine rings is 2. The number of hydrogen-bond donors (Lipinski definition) is 2. The van der Waals surface area contributed by atoms with Gasteiger partial charge in [0.1, 0.15) is 6.04 Å². The van der Waals surface area contributed by atoms with Crippen LogP contribution >= 0.6 is 0 Å². The van der Waals surface area contributed by atoms with Crippen molar-refractivity contribution in [3.05, 3.63) is 52.6 Å². The molecule has 1 atom stereocenters. The number of fused-ring (bicyclic) bond motifs is 2. The lowest BCUT2D eigenvalue weighted by Crippen LogP contribution is -2.54. The summed E-state index contributed by atoms with van der Waals surface area (Å²) in [6, 6.07) is 8.03. The first-order chi connectivity index (χ1) is 20.7. The minimum absolute atomic E-state index is 0.0272. The first kappa shape index (κ1) is 27.3. The molecular formula is C32H33N5O6. The number of carbonyl (C=O) groups excluding carboxylic acids is 6. The highest BCUT2D eigenvalue weighted by Crippen LogP contribution is 2.42. The van der Waals surface area contributed by atoms with Crippen LogP contribution in [-0.2, 0) is 25.6 Å². The Morgan fingerprint density at radius 2 is 1.65 bits per heavy atom. The van der Waals surface area contributed by atoms with Gasteiger partial charge in [0.2, 0.25) is 23.6 Å². The Morgan fingerprint density at radius 3 is 2.37 bits per heavy atom. The molecular weight excluding hydrogens is 550 g/mol. The summed E-state index contributed by atoms with van der Waals surface area (Å²) < 4.78 is 0. The van der Waals surface area contributed by atoms with Crippen molar-refractivity contribution in [3.63, 3.8) is 0 Å². The van der Waals surface area contributed by atoms with Gasteiger partial charge in [-0.3, -0.25) is 39.0 Å². The molecule has 6 amide bonds. The van der Waals surface area contributed by atoms with Crippen LogP contribution in [0.2, 0.25) is 0 Å². The summed E-state index contributed by atoms with van der Waals surface area (Å²) in [4.78, 5) is 81.2. The summed E-state index contributed by atoms with van der Waals surface area (Å²) in [5.74, 6) is -1.61. The van der Waals surface area contributed by atoms with Crippen molar-refractivity contribution in [1.29, 1.82) is 0 Å². The Bertz CT molecular complexity index is 1610. The van der Waals surface area contributed by atoms with Crippen LogP contribution in [0.3, 0.4) is 0 Å². The summed E-state index contributed by atoms with van der Waals surface area (Å²) in [7, 11) is 1.76. The maximum atomic E-state index is 13.7. The first-order valence-corrected chi connectivity index (χ1v) is 15.0. The Balaban J connectivity index is 1.22. The lowest BCUT2D eigenvalue weighted by molar-refractivity contribution is -0.136. The molecule has 222 valence electrons. The van der Waals surface area contributed by atoms with Gasteiger partial charge in [-0.15, -0.1) is 0 Å². The third-order valence-electron chi connectivity index (χ3n) is 9.50. The number of aryl methyl sites for hydroxylation is 1. The van der Waals surface area contributed by atoms with E-state index in [2.05, 4.69) is 16.7 Å². The second-order valence-corrected chi connectivity index (χ2v) is 12.2. The van der Waals surface area contributed by atoms with Crippen molar-refractivity contribution in [2.24, 2.45) is 5.92 Å². The van der Waals surface area contributed by atoms with E-state index in [-0.39, 0.29) is 47.6 Å². The van der Waals surface area contributed by atoms with Crippen LogP contribution < -0.4 is 15.5 Å². The fourth-order valence-corrected chi connectivity index (χ4v) is 6.92. The number of nitrogens with one attached hydrogen (secondary N) is 2. The van der Waals surface area contributed by atoms with Crippen LogP contribution in [0.5, 0.6) is 0 Å². The molecule has 0 spiro atoms. The molecule has 43 heavy (non-hydrogen) atoms. The number of benzene rings is 2. The van der Waals surface area contributed by atoms with Gasteiger partial charge in [0.25, 0.3) is 11.8 Å². The Hall–Kier alpha value is -4.54. The Kier molecular flexibility index (Phi) is 6.55. The fraction of sp³-hybridized carbons (Fsp3) is 0.438. The van der Waals surface area contributed by atoms with E-state index < -0.39 is 29.7 Å². The largest absolute Gasteiger partial charge is 0.355 e. The molecule has 2 aromatic rings. The van der Waals surface area contributed by atoms with E-state index in [1.165, 1.54) is 0 Å². The fourth-order valence-electron chi connectivity index (χ4n) is 6.92. The van der Waals surface area contributed by atoms with Gasteiger partial charge in [-0.1, -0.05) is 12.1 Å². The zero-order valence-corrected chi connectivity index (χ0v) is 24.0. The van der Waals surface area contributed by atoms with Crippen LogP contribution in [-0.4, -0.2) is 71.4 Å². The van der Waals surface area contributed by atoms with Gasteiger partial charge in [0, 0.05) is 50.3 Å². The average molecular weight is 584 g/mol. The van der Waals surface area contributed by atoms with E-state index in [1.807, 2.05) is 11.0 Å². The van der Waals surface area contributed by atoms with Crippen LogP contribution in [0.4, 0.5) is 17.1 Å². The van der Waals surface area contributed by atoms with Crippen LogP contribution in [0.25, 0.3) is 0 Å². The number of imide groups is 2. The van der Waals surface area contributed by atoms with Gasteiger partial charge in [-0.2, -0.15) is 0 Å². The predicted molar refractivity (Wildman–Crippen MR) is 156 cm³/mol. The number of hydrogen-bond acceptors (Lipinski definition) is 7. The molecule has 1 unspecified atom stereocenters. The molecule has 2 N–H and O–H groups in total. The quantitative estimate of drug-likeness (QED) is 0.517. The van der Waals surface area contributed by atoms with E-state index >= 15 is 0 Å². The molecule has 4 heterocycles. The van der Waals surface area contributed by atoms with Gasteiger partial charge >= 0.3 is 0 Å². The number of nitrogens with zero attached hydrogens (tertiary/aromatic N) is 3. The molecule has 4 aliphatic heterocycles. The smallest absolute Gasteiger partial charge is 0.264 e. The monoisotopic (exact) mass is 583 g/mol. The molecule has 2 saturated heterocycles. The third-order valence-corrected chi connectivity index (χ3v) is 9.50. The predicted octanol–water partition coefficient (Wildman–Crippen LogP) is 2.86. The lowest BCUT2D eigenvalue weighted by Gasteiger charge is -2.35. The number of rotatable bonds is 5. The Labute approximate surface area is 248 Å². The zero-order chi connectivity index (χ0) is 30.0. The van der Waals surface area contributed by atoms with E-state index in [0.717, 1.165) is 53.1 Å². The molecule has 5 aliphatic rings. The van der Waals surface area contributed by atoms with Crippen molar-refractivity contribution in [2.45, 2.75) is 63.3 Å². The molecule has 7 rings (SSSR count). The zero-order valence-electron chi connectivity index (χ0n) is 24.0. The number of amides is 6. The number of anilines is 3. The van der Waals surface area contributed by atoms with Crippen LogP contribution in [0.15, 0.2) is 30.3 Å². The molecule has 11 nitrogen and oxygen atoms in total. The Morgan fingerprint density at radius 1 is 0.884 bits per heavy atom. The van der Waals surface area contributed by atoms with Crippen LogP contribution in [0, 0.1) is 5.92 Å². The molecule has 2 aromatic carbocycles. The SMILES string of the molecule is CN1C(=O)CCc2cc(C3CCN(C(=O)C4CC4)CC3)c(Nc3cccc4c3C(=O)N(C3CCC(=O)NC3=O)C4=O)cc21. The minimum Gasteiger partial charge on any atom is -0.355 e. The molecule has 0 bridgehead atoms. The molecule has 11 heteroatoms. The molecule has 3 fully saturated rings. The minimum atomic E-state index is -1.06. The van der Waals surface area contributed by atoms with E-state index in [9.17, 15) is 28.8 Å². The van der Waals surface area contributed by atoms with E-state index in [1.54, 1.807) is 30.1 Å². The van der Waals surface area contributed by atoms with Crippen molar-refractivity contribution in [2.75, 3.05) is 30.4 Å². The average Bonchev–Trinajstić information content (AvgIpc) is 3.82. The number of likely N-dealkylation sites (tertiary alicyclic amines) is 1. The van der Waals surface area contributed by atoms with E-state index in [0.29, 0.717) is 31.6 Å². The second kappa shape index (κ2) is 10.3. The number of carbonyl (C=O) groups is 6. The maximum Gasteiger partial charge on any atom is 0.264 e.